The van der Waals surface area contributed by atoms with E-state index in [1.807, 2.05) is 0 Å². The first kappa shape index (κ1) is 15.0. The number of amides is 1. The van der Waals surface area contributed by atoms with Crippen LogP contribution in [-0.4, -0.2) is 29.1 Å². The van der Waals surface area contributed by atoms with E-state index in [9.17, 15) is 14.3 Å². The molecule has 1 amide bonds. The van der Waals surface area contributed by atoms with Gasteiger partial charge in [-0.25, -0.2) is 4.39 Å². The van der Waals surface area contributed by atoms with Crippen molar-refractivity contribution in [2.24, 2.45) is 0 Å². The number of thioether (sulfide) groups is 1. The summed E-state index contributed by atoms with van der Waals surface area (Å²) in [5, 5.41) is 12.4. The van der Waals surface area contributed by atoms with Crippen LogP contribution in [0.2, 0.25) is 0 Å². The normalized spacial score (nSPS) is 12.2. The van der Waals surface area contributed by atoms with E-state index in [1.165, 1.54) is 18.2 Å². The summed E-state index contributed by atoms with van der Waals surface area (Å²) in [4.78, 5) is 11.4. The van der Waals surface area contributed by atoms with Crippen LogP contribution in [0.1, 0.15) is 25.0 Å². The zero-order valence-electron chi connectivity index (χ0n) is 10.4. The minimum atomic E-state index is -0.874. The van der Waals surface area contributed by atoms with Crippen molar-refractivity contribution in [2.45, 2.75) is 19.4 Å². The molecule has 1 atom stereocenters. The van der Waals surface area contributed by atoms with Gasteiger partial charge in [-0.3, -0.25) is 4.79 Å². The number of carbonyl (C=O) groups is 1. The molecule has 0 aliphatic carbocycles. The van der Waals surface area contributed by atoms with Crippen molar-refractivity contribution in [3.8, 4) is 0 Å². The van der Waals surface area contributed by atoms with Gasteiger partial charge in [-0.15, -0.1) is 0 Å². The third-order valence-electron chi connectivity index (χ3n) is 2.31. The van der Waals surface area contributed by atoms with Crippen LogP contribution >= 0.6 is 11.8 Å². The Hall–Kier alpha value is -1.07. The second-order valence-corrected chi connectivity index (χ2v) is 5.03. The van der Waals surface area contributed by atoms with Crippen molar-refractivity contribution in [1.82, 2.24) is 5.32 Å². The highest BCUT2D eigenvalue weighted by atomic mass is 32.2. The van der Waals surface area contributed by atoms with Crippen molar-refractivity contribution >= 4 is 17.7 Å². The van der Waals surface area contributed by atoms with Crippen LogP contribution in [0.15, 0.2) is 24.3 Å². The molecule has 0 fully saturated rings. The van der Waals surface area contributed by atoms with Crippen LogP contribution in [0.5, 0.6) is 0 Å². The summed E-state index contributed by atoms with van der Waals surface area (Å²) in [5.41, 5.74) is 0.469. The maximum atomic E-state index is 12.9. The molecule has 1 unspecified atom stereocenters. The summed E-state index contributed by atoms with van der Waals surface area (Å²) >= 11 is 1.56. The second kappa shape index (κ2) is 8.11. The van der Waals surface area contributed by atoms with Crippen molar-refractivity contribution in [3.05, 3.63) is 35.6 Å². The van der Waals surface area contributed by atoms with E-state index >= 15 is 0 Å². The van der Waals surface area contributed by atoms with Gasteiger partial charge in [0.25, 0.3) is 0 Å². The number of carbonyl (C=O) groups excluding carboxylic acids is 1. The lowest BCUT2D eigenvalue weighted by atomic mass is 10.1. The van der Waals surface area contributed by atoms with Crippen LogP contribution in [-0.2, 0) is 4.79 Å². The van der Waals surface area contributed by atoms with Gasteiger partial charge in [-0.1, -0.05) is 19.1 Å². The number of aliphatic hydroxyl groups is 1. The fourth-order valence-electron chi connectivity index (χ4n) is 1.40. The van der Waals surface area contributed by atoms with E-state index in [4.69, 9.17) is 0 Å². The Kier molecular flexibility index (Phi) is 6.75. The van der Waals surface area contributed by atoms with Crippen molar-refractivity contribution in [1.29, 1.82) is 0 Å². The second-order valence-electron chi connectivity index (χ2n) is 3.93. The molecule has 0 saturated carbocycles. The van der Waals surface area contributed by atoms with E-state index < -0.39 is 11.9 Å². The Morgan fingerprint density at radius 1 is 1.56 bits per heavy atom. The number of rotatable bonds is 7. The number of hydrogen-bond acceptors (Lipinski definition) is 3. The van der Waals surface area contributed by atoms with Gasteiger partial charge in [-0.05, 0) is 29.9 Å². The molecule has 0 aliphatic heterocycles. The molecule has 1 aromatic rings. The molecule has 100 valence electrons. The van der Waals surface area contributed by atoms with Crippen LogP contribution in [0.3, 0.4) is 0 Å². The number of halogens is 1. The zero-order valence-corrected chi connectivity index (χ0v) is 11.2. The highest BCUT2D eigenvalue weighted by molar-refractivity contribution is 7.99. The molecule has 1 rings (SSSR count). The van der Waals surface area contributed by atoms with E-state index in [0.29, 0.717) is 11.3 Å². The molecule has 0 spiro atoms. The van der Waals surface area contributed by atoms with Gasteiger partial charge < -0.3 is 10.4 Å². The lowest BCUT2D eigenvalue weighted by molar-refractivity contribution is -0.119. The summed E-state index contributed by atoms with van der Waals surface area (Å²) in [5.74, 6) is 0.837. The molecule has 1 aromatic carbocycles. The maximum absolute atomic E-state index is 12.9. The van der Waals surface area contributed by atoms with Gasteiger partial charge in [0.15, 0.2) is 0 Å². The molecule has 0 aromatic heterocycles. The quantitative estimate of drug-likeness (QED) is 0.747. The monoisotopic (exact) mass is 271 g/mol. The molecule has 0 radical (unpaired) electrons. The molecule has 18 heavy (non-hydrogen) atoms. The molecular formula is C13H18FNO2S. The summed E-state index contributed by atoms with van der Waals surface area (Å²) in [6.45, 7) is 2.16. The smallest absolute Gasteiger partial charge is 0.230 e. The summed E-state index contributed by atoms with van der Waals surface area (Å²) < 4.78 is 12.9. The fraction of sp³-hybridized carbons (Fsp3) is 0.462. The van der Waals surface area contributed by atoms with Gasteiger partial charge in [-0.2, -0.15) is 11.8 Å². The Balaban J connectivity index is 2.32. The minimum absolute atomic E-state index is 0.106. The average Bonchev–Trinajstić information content (AvgIpc) is 2.36. The number of benzene rings is 1. The lowest BCUT2D eigenvalue weighted by Crippen LogP contribution is -2.29. The van der Waals surface area contributed by atoms with Gasteiger partial charge in [0.1, 0.15) is 5.82 Å². The standard InChI is InChI=1S/C13H18FNO2S/c1-2-6-18-9-13(17)15-8-12(16)10-4-3-5-11(14)7-10/h3-5,7,12,16H,2,6,8-9H2,1H3,(H,15,17). The average molecular weight is 271 g/mol. The van der Waals surface area contributed by atoms with Gasteiger partial charge in [0, 0.05) is 6.54 Å². The number of hydrogen-bond donors (Lipinski definition) is 2. The maximum Gasteiger partial charge on any atom is 0.230 e. The van der Waals surface area contributed by atoms with Crippen molar-refractivity contribution in [3.63, 3.8) is 0 Å². The topological polar surface area (TPSA) is 49.3 Å². The van der Waals surface area contributed by atoms with Crippen LogP contribution in [0.4, 0.5) is 4.39 Å². The molecular weight excluding hydrogens is 253 g/mol. The first-order valence-electron chi connectivity index (χ1n) is 5.91. The Morgan fingerprint density at radius 3 is 3.00 bits per heavy atom. The summed E-state index contributed by atoms with van der Waals surface area (Å²) in [6, 6.07) is 5.75. The van der Waals surface area contributed by atoms with Gasteiger partial charge >= 0.3 is 0 Å². The first-order chi connectivity index (χ1) is 8.63. The largest absolute Gasteiger partial charge is 0.387 e. The Morgan fingerprint density at radius 2 is 2.33 bits per heavy atom. The molecule has 5 heteroatoms. The van der Waals surface area contributed by atoms with Gasteiger partial charge in [0.2, 0.25) is 5.91 Å². The van der Waals surface area contributed by atoms with E-state index in [-0.39, 0.29) is 12.5 Å². The van der Waals surface area contributed by atoms with E-state index in [2.05, 4.69) is 12.2 Å². The van der Waals surface area contributed by atoms with Gasteiger partial charge in [0.05, 0.1) is 11.9 Å². The third kappa shape index (κ3) is 5.51. The molecule has 0 heterocycles. The first-order valence-corrected chi connectivity index (χ1v) is 7.07. The zero-order chi connectivity index (χ0) is 13.4. The third-order valence-corrected chi connectivity index (χ3v) is 3.47. The number of aliphatic hydroxyl groups excluding tert-OH is 1. The van der Waals surface area contributed by atoms with E-state index in [0.717, 1.165) is 12.2 Å². The molecule has 3 nitrogen and oxygen atoms in total. The molecule has 0 bridgehead atoms. The van der Waals surface area contributed by atoms with Crippen molar-refractivity contribution < 1.29 is 14.3 Å². The molecule has 0 aliphatic rings. The highest BCUT2D eigenvalue weighted by Crippen LogP contribution is 2.13. The Bertz CT molecular complexity index is 387. The lowest BCUT2D eigenvalue weighted by Gasteiger charge is -2.12. The molecule has 0 saturated heterocycles. The Labute approximate surface area is 111 Å². The van der Waals surface area contributed by atoms with Crippen molar-refractivity contribution in [2.75, 3.05) is 18.1 Å². The fourth-order valence-corrected chi connectivity index (χ4v) is 2.12. The van der Waals surface area contributed by atoms with Crippen LogP contribution in [0.25, 0.3) is 0 Å². The highest BCUT2D eigenvalue weighted by Gasteiger charge is 2.10. The van der Waals surface area contributed by atoms with Crippen LogP contribution < -0.4 is 5.32 Å². The SMILES string of the molecule is CCCSCC(=O)NCC(O)c1cccc(F)c1. The molecule has 2 N–H and O–H groups in total. The summed E-state index contributed by atoms with van der Waals surface area (Å²) in [7, 11) is 0. The van der Waals surface area contributed by atoms with E-state index in [1.54, 1.807) is 17.8 Å². The minimum Gasteiger partial charge on any atom is -0.387 e. The predicted octanol–water partition coefficient (Wildman–Crippen LogP) is 2.12. The van der Waals surface area contributed by atoms with Crippen LogP contribution in [0, 0.1) is 5.82 Å². The summed E-state index contributed by atoms with van der Waals surface area (Å²) in [6.07, 6.45) is 0.157. The predicted molar refractivity (Wildman–Crippen MR) is 72.0 cm³/mol. The number of nitrogens with one attached hydrogen (secondary N) is 1.